The zero-order valence-electron chi connectivity index (χ0n) is 12.6. The molecule has 1 aliphatic heterocycles. The van der Waals surface area contributed by atoms with E-state index < -0.39 is 0 Å². The average molecular weight is 287 g/mol. The van der Waals surface area contributed by atoms with Gasteiger partial charge in [0.05, 0.1) is 0 Å². The van der Waals surface area contributed by atoms with Crippen LogP contribution in [0, 0.1) is 0 Å². The summed E-state index contributed by atoms with van der Waals surface area (Å²) in [5.41, 5.74) is 5.89. The molecule has 4 nitrogen and oxygen atoms in total. The predicted molar refractivity (Wildman–Crippen MR) is 83.5 cm³/mol. The van der Waals surface area contributed by atoms with Gasteiger partial charge in [0.25, 0.3) is 0 Å². The van der Waals surface area contributed by atoms with Crippen LogP contribution in [0.1, 0.15) is 32.6 Å². The van der Waals surface area contributed by atoms with Crippen molar-refractivity contribution in [1.29, 1.82) is 0 Å². The van der Waals surface area contributed by atoms with Crippen LogP contribution in [0.25, 0.3) is 0 Å². The highest BCUT2D eigenvalue weighted by atomic mass is 32.2. The summed E-state index contributed by atoms with van der Waals surface area (Å²) in [6.07, 6.45) is 6.10. The van der Waals surface area contributed by atoms with E-state index in [1.165, 1.54) is 0 Å². The number of carbonyl (C=O) groups excluding carboxylic acids is 1. The maximum absolute atomic E-state index is 12.2. The second-order valence-electron chi connectivity index (χ2n) is 5.36. The van der Waals surface area contributed by atoms with Crippen molar-refractivity contribution in [2.45, 2.75) is 44.7 Å². The number of hydrogen-bond donors (Lipinski definition) is 1. The fraction of sp³-hybridized carbons (Fsp3) is 0.929. The van der Waals surface area contributed by atoms with E-state index in [0.717, 1.165) is 38.1 Å². The van der Waals surface area contributed by atoms with Crippen LogP contribution in [0.2, 0.25) is 0 Å². The highest BCUT2D eigenvalue weighted by Gasteiger charge is 2.26. The van der Waals surface area contributed by atoms with Gasteiger partial charge in [0, 0.05) is 43.9 Å². The van der Waals surface area contributed by atoms with Gasteiger partial charge < -0.3 is 10.6 Å². The van der Waals surface area contributed by atoms with E-state index in [4.69, 9.17) is 5.73 Å². The van der Waals surface area contributed by atoms with Gasteiger partial charge in [0.1, 0.15) is 0 Å². The van der Waals surface area contributed by atoms with Crippen LogP contribution in [0.3, 0.4) is 0 Å². The average Bonchev–Trinajstić information content (AvgIpc) is 2.95. The summed E-state index contributed by atoms with van der Waals surface area (Å²) in [6, 6.07) is 0.681. The van der Waals surface area contributed by atoms with Crippen LogP contribution >= 0.6 is 11.8 Å². The number of carbonyl (C=O) groups is 1. The first-order valence-corrected chi connectivity index (χ1v) is 8.72. The molecular weight excluding hydrogens is 258 g/mol. The Balaban J connectivity index is 2.52. The van der Waals surface area contributed by atoms with E-state index in [-0.39, 0.29) is 11.9 Å². The lowest BCUT2D eigenvalue weighted by Gasteiger charge is -2.34. The Labute approximate surface area is 122 Å². The van der Waals surface area contributed by atoms with Crippen LogP contribution in [0.15, 0.2) is 0 Å². The molecule has 2 atom stereocenters. The molecule has 0 saturated carbocycles. The molecule has 1 rings (SSSR count). The number of thioether (sulfide) groups is 1. The summed E-state index contributed by atoms with van der Waals surface area (Å²) in [7, 11) is 2.11. The van der Waals surface area contributed by atoms with Crippen molar-refractivity contribution in [3.63, 3.8) is 0 Å². The molecule has 0 aliphatic carbocycles. The maximum Gasteiger partial charge on any atom is 0.224 e. The van der Waals surface area contributed by atoms with Gasteiger partial charge in [0.15, 0.2) is 0 Å². The first-order chi connectivity index (χ1) is 9.13. The van der Waals surface area contributed by atoms with Gasteiger partial charge in [-0.15, -0.1) is 0 Å². The molecule has 1 aliphatic rings. The van der Waals surface area contributed by atoms with Crippen molar-refractivity contribution < 1.29 is 4.79 Å². The van der Waals surface area contributed by atoms with E-state index in [1.807, 2.05) is 16.7 Å². The number of likely N-dealkylation sites (N-methyl/N-ethyl adjacent to an activating group) is 1. The molecular formula is C14H29N3OS. The molecule has 1 saturated heterocycles. The van der Waals surface area contributed by atoms with Gasteiger partial charge in [-0.25, -0.2) is 0 Å². The molecule has 19 heavy (non-hydrogen) atoms. The number of likely N-dealkylation sites (tertiary alicyclic amines) is 1. The molecule has 1 heterocycles. The van der Waals surface area contributed by atoms with Gasteiger partial charge in [0.2, 0.25) is 5.91 Å². The largest absolute Gasteiger partial charge is 0.343 e. The molecule has 0 aromatic carbocycles. The van der Waals surface area contributed by atoms with Crippen LogP contribution in [-0.4, -0.2) is 66.5 Å². The van der Waals surface area contributed by atoms with Crippen molar-refractivity contribution in [1.82, 2.24) is 9.80 Å². The molecule has 0 aromatic rings. The first-order valence-electron chi connectivity index (χ1n) is 7.32. The minimum Gasteiger partial charge on any atom is -0.343 e. The number of nitrogens with zero attached hydrogens (tertiary/aromatic N) is 2. The van der Waals surface area contributed by atoms with Gasteiger partial charge >= 0.3 is 0 Å². The van der Waals surface area contributed by atoms with E-state index in [2.05, 4.69) is 25.1 Å². The highest BCUT2D eigenvalue weighted by molar-refractivity contribution is 7.98. The van der Waals surface area contributed by atoms with Gasteiger partial charge in [-0.05, 0) is 32.6 Å². The highest BCUT2D eigenvalue weighted by Crippen LogP contribution is 2.16. The normalized spacial score (nSPS) is 18.9. The molecule has 0 radical (unpaired) electrons. The van der Waals surface area contributed by atoms with Gasteiger partial charge in [-0.3, -0.25) is 9.69 Å². The van der Waals surface area contributed by atoms with Gasteiger partial charge in [-0.1, -0.05) is 6.92 Å². The second-order valence-corrected chi connectivity index (χ2v) is 6.28. The van der Waals surface area contributed by atoms with Crippen molar-refractivity contribution >= 4 is 17.7 Å². The molecule has 1 fully saturated rings. The fourth-order valence-electron chi connectivity index (χ4n) is 2.70. The molecule has 5 heteroatoms. The molecule has 0 spiro atoms. The third-order valence-electron chi connectivity index (χ3n) is 4.12. The number of amides is 1. The van der Waals surface area contributed by atoms with Crippen LogP contribution < -0.4 is 5.73 Å². The van der Waals surface area contributed by atoms with E-state index in [0.29, 0.717) is 19.0 Å². The van der Waals surface area contributed by atoms with Crippen molar-refractivity contribution in [3.8, 4) is 0 Å². The van der Waals surface area contributed by atoms with Crippen LogP contribution in [0.5, 0.6) is 0 Å². The Morgan fingerprint density at radius 3 is 2.47 bits per heavy atom. The maximum atomic E-state index is 12.2. The first kappa shape index (κ1) is 16.8. The van der Waals surface area contributed by atoms with Crippen molar-refractivity contribution in [2.75, 3.05) is 38.7 Å². The summed E-state index contributed by atoms with van der Waals surface area (Å²) >= 11 is 1.86. The number of nitrogens with two attached hydrogens (primary N) is 1. The van der Waals surface area contributed by atoms with E-state index in [9.17, 15) is 4.79 Å². The Hall–Kier alpha value is -0.260. The summed E-state index contributed by atoms with van der Waals surface area (Å²) in [5, 5.41) is 0. The number of rotatable bonds is 8. The van der Waals surface area contributed by atoms with E-state index in [1.54, 1.807) is 0 Å². The zero-order valence-corrected chi connectivity index (χ0v) is 13.4. The molecule has 1 amide bonds. The monoisotopic (exact) mass is 287 g/mol. The second kappa shape index (κ2) is 8.82. The topological polar surface area (TPSA) is 49.6 Å². The summed E-state index contributed by atoms with van der Waals surface area (Å²) in [5.74, 6) is 1.38. The third-order valence-corrected chi connectivity index (χ3v) is 4.84. The Kier molecular flexibility index (Phi) is 7.80. The lowest BCUT2D eigenvalue weighted by molar-refractivity contribution is -0.131. The molecule has 2 unspecified atom stereocenters. The standard InChI is InChI=1S/C14H29N3OS/c1-4-12(11-19-3)16(2)13(10-15)9-14(18)17-7-5-6-8-17/h12-13H,4-11,15H2,1-3H3. The van der Waals surface area contributed by atoms with Crippen LogP contribution in [0.4, 0.5) is 0 Å². The molecule has 112 valence electrons. The van der Waals surface area contributed by atoms with Crippen LogP contribution in [-0.2, 0) is 4.79 Å². The Bertz CT molecular complexity index is 269. The molecule has 0 bridgehead atoms. The van der Waals surface area contributed by atoms with Crippen molar-refractivity contribution in [3.05, 3.63) is 0 Å². The van der Waals surface area contributed by atoms with Crippen molar-refractivity contribution in [2.24, 2.45) is 5.73 Å². The quantitative estimate of drug-likeness (QED) is 0.733. The number of hydrogen-bond acceptors (Lipinski definition) is 4. The SMILES string of the molecule is CCC(CSC)N(C)C(CN)CC(=O)N1CCCC1. The zero-order chi connectivity index (χ0) is 14.3. The molecule has 2 N–H and O–H groups in total. The third kappa shape index (κ3) is 4.97. The summed E-state index contributed by atoms with van der Waals surface area (Å²) in [6.45, 7) is 4.62. The minimum atomic E-state index is 0.171. The summed E-state index contributed by atoms with van der Waals surface area (Å²) in [4.78, 5) is 16.5. The van der Waals surface area contributed by atoms with E-state index >= 15 is 0 Å². The fourth-order valence-corrected chi connectivity index (χ4v) is 3.56. The lowest BCUT2D eigenvalue weighted by Crippen LogP contribution is -2.47. The minimum absolute atomic E-state index is 0.171. The lowest BCUT2D eigenvalue weighted by atomic mass is 10.1. The molecule has 0 aromatic heterocycles. The Morgan fingerprint density at radius 1 is 1.37 bits per heavy atom. The predicted octanol–water partition coefficient (Wildman–Crippen LogP) is 1.40. The summed E-state index contributed by atoms with van der Waals surface area (Å²) < 4.78 is 0. The smallest absolute Gasteiger partial charge is 0.224 e. The van der Waals surface area contributed by atoms with Gasteiger partial charge in [-0.2, -0.15) is 11.8 Å². The Morgan fingerprint density at radius 2 is 2.00 bits per heavy atom.